The molecule has 0 bridgehead atoms. The SMILES string of the molecule is CCOC([C@@H](OC)C(C)C)[C@H](OC)[C@@H](O)O[C@@H]1C[C@@H]2[C@@H](C1)[C@@H]1C=C3C(=O)[C@H](C)[C@@H](O[C@H]4CC[C@H](N(C)C)C(C)O4)CCC[C@H](CC)OC(=O)C[C@H]3[C@@H]1[C@@H]1[C@H]2N1c1ccc(F)cc1. The summed E-state index contributed by atoms with van der Waals surface area (Å²) < 4.78 is 58.2. The van der Waals surface area contributed by atoms with E-state index in [1.54, 1.807) is 14.2 Å². The molecule has 62 heavy (non-hydrogen) atoms. The van der Waals surface area contributed by atoms with Crippen LogP contribution in [0.3, 0.4) is 0 Å². The Bertz CT molecular complexity index is 1690. The average Bonchev–Trinajstić information content (AvgIpc) is 3.63. The molecule has 13 heteroatoms. The molecule has 2 saturated carbocycles. The van der Waals surface area contributed by atoms with E-state index in [-0.39, 0.29) is 102 Å². The number of carbonyl (C=O) groups excluding carboxylic acids is 2. The van der Waals surface area contributed by atoms with Gasteiger partial charge in [-0.3, -0.25) is 9.59 Å². The van der Waals surface area contributed by atoms with Crippen LogP contribution in [0.4, 0.5) is 10.1 Å². The number of benzene rings is 1. The largest absolute Gasteiger partial charge is 0.462 e. The fourth-order valence-electron chi connectivity index (χ4n) is 12.5. The number of ketones is 1. The highest BCUT2D eigenvalue weighted by Gasteiger charge is 2.69. The second kappa shape index (κ2) is 20.4. The second-order valence-corrected chi connectivity index (χ2v) is 19.6. The van der Waals surface area contributed by atoms with Crippen LogP contribution in [-0.2, 0) is 42.7 Å². The molecule has 1 aromatic rings. The van der Waals surface area contributed by atoms with Crippen molar-refractivity contribution in [3.63, 3.8) is 0 Å². The summed E-state index contributed by atoms with van der Waals surface area (Å²) in [5, 5.41) is 11.7. The molecule has 1 N–H and O–H groups in total. The van der Waals surface area contributed by atoms with E-state index in [0.717, 1.165) is 24.9 Å². The molecule has 3 aliphatic carbocycles. The molecule has 5 fully saturated rings. The van der Waals surface area contributed by atoms with Gasteiger partial charge in [-0.2, -0.15) is 0 Å². The molecule has 2 unspecified atom stereocenters. The first-order chi connectivity index (χ1) is 29.7. The number of halogens is 1. The zero-order valence-electron chi connectivity index (χ0n) is 38.8. The number of allylic oxidation sites excluding steroid dienone is 2. The molecule has 0 spiro atoms. The third-order valence-corrected chi connectivity index (χ3v) is 15.5. The Balaban J connectivity index is 1.19. The third-order valence-electron chi connectivity index (χ3n) is 15.5. The number of Topliss-reactive ketones (excluding diaryl/α,β-unsaturated/α-hetero) is 1. The quantitative estimate of drug-likeness (QED) is 0.112. The highest BCUT2D eigenvalue weighted by atomic mass is 19.1. The van der Waals surface area contributed by atoms with Gasteiger partial charge < -0.3 is 48.1 Å². The maximum Gasteiger partial charge on any atom is 0.306 e. The number of rotatable bonds is 15. The molecule has 0 amide bonds. The van der Waals surface area contributed by atoms with Gasteiger partial charge in [-0.05, 0) is 139 Å². The Labute approximate surface area is 369 Å². The summed E-state index contributed by atoms with van der Waals surface area (Å²) in [6.45, 7) is 12.6. The summed E-state index contributed by atoms with van der Waals surface area (Å²) in [5.74, 6) is -1.05. The highest BCUT2D eigenvalue weighted by Crippen LogP contribution is 2.65. The fourth-order valence-corrected chi connectivity index (χ4v) is 12.5. The van der Waals surface area contributed by atoms with Gasteiger partial charge in [0.1, 0.15) is 24.1 Å². The molecule has 0 aromatic heterocycles. The lowest BCUT2D eigenvalue weighted by atomic mass is 9.66. The average molecular weight is 871 g/mol. The number of methoxy groups -OCH3 is 2. The highest BCUT2D eigenvalue weighted by molar-refractivity contribution is 5.99. The van der Waals surface area contributed by atoms with Crippen LogP contribution in [0.25, 0.3) is 0 Å². The first kappa shape index (κ1) is 47.5. The molecular formula is C49H75FN2O10. The molecule has 18 atom stereocenters. The summed E-state index contributed by atoms with van der Waals surface area (Å²) in [5.41, 5.74) is 1.62. The number of anilines is 1. The number of ether oxygens (including phenoxy) is 7. The summed E-state index contributed by atoms with van der Waals surface area (Å²) >= 11 is 0. The van der Waals surface area contributed by atoms with Gasteiger partial charge >= 0.3 is 5.97 Å². The van der Waals surface area contributed by atoms with Gasteiger partial charge in [0.2, 0.25) is 0 Å². The molecule has 7 rings (SSSR count). The number of cyclic esters (lactones) is 1. The van der Waals surface area contributed by atoms with E-state index in [0.29, 0.717) is 50.3 Å². The molecule has 348 valence electrons. The lowest BCUT2D eigenvalue weighted by Crippen LogP contribution is -2.51. The van der Waals surface area contributed by atoms with Crippen molar-refractivity contribution >= 4 is 17.4 Å². The summed E-state index contributed by atoms with van der Waals surface area (Å²) in [4.78, 5) is 33.7. The number of likely N-dealkylation sites (N-methyl/N-ethyl adjacent to an activating group) is 1. The van der Waals surface area contributed by atoms with Crippen LogP contribution in [0.2, 0.25) is 0 Å². The van der Waals surface area contributed by atoms with Gasteiger partial charge in [-0.1, -0.05) is 33.8 Å². The number of carbonyl (C=O) groups is 2. The van der Waals surface area contributed by atoms with Crippen molar-refractivity contribution in [2.75, 3.05) is 39.8 Å². The molecule has 0 radical (unpaired) electrons. The van der Waals surface area contributed by atoms with Crippen LogP contribution < -0.4 is 4.90 Å². The van der Waals surface area contributed by atoms with Crippen molar-refractivity contribution in [2.24, 2.45) is 41.4 Å². The minimum absolute atomic E-state index is 0.00690. The number of nitrogens with zero attached hydrogens (tertiary/aromatic N) is 2. The topological polar surface area (TPSA) is 125 Å². The van der Waals surface area contributed by atoms with Gasteiger partial charge in [0, 0.05) is 44.4 Å². The molecule has 3 heterocycles. The van der Waals surface area contributed by atoms with Crippen molar-refractivity contribution in [2.45, 2.75) is 173 Å². The van der Waals surface area contributed by atoms with Crippen LogP contribution >= 0.6 is 0 Å². The van der Waals surface area contributed by atoms with Crippen LogP contribution in [0, 0.1) is 47.2 Å². The standard InChI is InChI=1S/C49H75FN2O10/c1-11-31-14-13-15-39(62-41-21-20-38(51(7)8)28(6)59-41)27(5)45(54)37-24-34-33-22-32(61-49(55)48(57-10)47(58-12-2)46(56-9)26(3)4)23-36(33)43-44(42(34)35(37)25-40(53)60-31)52(43)30-18-16-29(50)17-19-30/h16-19,24,26-28,31-36,38-39,41-44,46-49,55H,11-15,20-23,25H2,1-10H3/t27-,28?,31+,32+,33+,34+,35-,36-,38+,39+,41+,42-,43+,44-,46+,47?,48+,49+,52?/m1/s1. The van der Waals surface area contributed by atoms with E-state index in [1.807, 2.05) is 39.8 Å². The van der Waals surface area contributed by atoms with E-state index in [2.05, 4.69) is 43.8 Å². The molecule has 3 saturated heterocycles. The minimum Gasteiger partial charge on any atom is -0.462 e. The number of hydrogen-bond acceptors (Lipinski definition) is 12. The lowest BCUT2D eigenvalue weighted by molar-refractivity contribution is -0.240. The smallest absolute Gasteiger partial charge is 0.306 e. The first-order valence-electron chi connectivity index (χ1n) is 23.7. The van der Waals surface area contributed by atoms with Crippen LogP contribution in [-0.4, -0.2) is 130 Å². The molecule has 6 aliphatic rings. The Kier molecular flexibility index (Phi) is 15.6. The maximum atomic E-state index is 15.1. The normalized spacial score (nSPS) is 38.2. The van der Waals surface area contributed by atoms with E-state index < -0.39 is 30.7 Å². The van der Waals surface area contributed by atoms with E-state index >= 15 is 4.79 Å². The van der Waals surface area contributed by atoms with Crippen molar-refractivity contribution in [3.8, 4) is 0 Å². The minimum atomic E-state index is -1.28. The van der Waals surface area contributed by atoms with Crippen LogP contribution in [0.5, 0.6) is 0 Å². The number of aliphatic hydroxyl groups excluding tert-OH is 1. The van der Waals surface area contributed by atoms with Crippen molar-refractivity contribution < 1.29 is 52.2 Å². The molecule has 1 aromatic carbocycles. The Morgan fingerprint density at radius 3 is 2.27 bits per heavy atom. The molecule has 3 aliphatic heterocycles. The zero-order valence-corrected chi connectivity index (χ0v) is 38.8. The van der Waals surface area contributed by atoms with E-state index in [9.17, 15) is 14.3 Å². The van der Waals surface area contributed by atoms with Gasteiger partial charge in [0.15, 0.2) is 18.4 Å². The zero-order chi connectivity index (χ0) is 44.6. The Morgan fingerprint density at radius 2 is 1.65 bits per heavy atom. The number of esters is 1. The van der Waals surface area contributed by atoms with E-state index in [1.165, 1.54) is 12.1 Å². The molecular weight excluding hydrogens is 796 g/mol. The summed E-state index contributed by atoms with van der Waals surface area (Å²) in [6.07, 6.45) is 3.93. The van der Waals surface area contributed by atoms with Crippen LogP contribution in [0.15, 0.2) is 35.9 Å². The van der Waals surface area contributed by atoms with Crippen LogP contribution in [0.1, 0.15) is 99.3 Å². The van der Waals surface area contributed by atoms with Gasteiger partial charge in [0.05, 0.1) is 42.9 Å². The summed E-state index contributed by atoms with van der Waals surface area (Å²) in [6, 6.07) is 7.07. The predicted molar refractivity (Wildman–Crippen MR) is 233 cm³/mol. The van der Waals surface area contributed by atoms with Gasteiger partial charge in [-0.25, -0.2) is 4.39 Å². The number of fused-ring (bicyclic) bond motifs is 8. The monoisotopic (exact) mass is 871 g/mol. The maximum absolute atomic E-state index is 15.1. The lowest BCUT2D eigenvalue weighted by Gasteiger charge is -2.40. The van der Waals surface area contributed by atoms with Crippen molar-refractivity contribution in [1.29, 1.82) is 0 Å². The van der Waals surface area contributed by atoms with Crippen molar-refractivity contribution in [3.05, 3.63) is 41.7 Å². The Morgan fingerprint density at radius 1 is 0.935 bits per heavy atom. The first-order valence-corrected chi connectivity index (χ1v) is 23.7. The van der Waals surface area contributed by atoms with Gasteiger partial charge in [-0.15, -0.1) is 0 Å². The fraction of sp³-hybridized carbons (Fsp3) is 0.796. The number of hydrogen-bond donors (Lipinski definition) is 1. The summed E-state index contributed by atoms with van der Waals surface area (Å²) in [7, 11) is 7.35. The molecule has 12 nitrogen and oxygen atoms in total. The van der Waals surface area contributed by atoms with E-state index in [4.69, 9.17) is 33.2 Å². The van der Waals surface area contributed by atoms with Crippen molar-refractivity contribution in [1.82, 2.24) is 4.90 Å². The second-order valence-electron chi connectivity index (χ2n) is 19.6. The predicted octanol–water partition coefficient (Wildman–Crippen LogP) is 6.95. The third kappa shape index (κ3) is 9.71. The Hall–Kier alpha value is -2.49. The van der Waals surface area contributed by atoms with Gasteiger partial charge in [0.25, 0.3) is 0 Å². The number of aliphatic hydroxyl groups is 1.